The average molecular weight is 457 g/mol. The van der Waals surface area contributed by atoms with Gasteiger partial charge in [0.2, 0.25) is 5.88 Å². The van der Waals surface area contributed by atoms with Crippen LogP contribution in [0.1, 0.15) is 21.5 Å². The quantitative estimate of drug-likeness (QED) is 0.416. The lowest BCUT2D eigenvalue weighted by Gasteiger charge is -2.09. The molecule has 3 N–H and O–H groups in total. The van der Waals surface area contributed by atoms with Gasteiger partial charge in [-0.15, -0.1) is 0 Å². The second-order valence-corrected chi connectivity index (χ2v) is 7.01. The highest BCUT2D eigenvalue weighted by atomic mass is 19.4. The summed E-state index contributed by atoms with van der Waals surface area (Å²) in [7, 11) is 1.52. The van der Waals surface area contributed by atoms with E-state index in [-0.39, 0.29) is 40.8 Å². The molecular formula is C23H18F3N3O4. The second kappa shape index (κ2) is 8.73. The van der Waals surface area contributed by atoms with E-state index in [1.54, 1.807) is 24.3 Å². The van der Waals surface area contributed by atoms with Gasteiger partial charge in [0.05, 0.1) is 12.7 Å². The third-order valence-electron chi connectivity index (χ3n) is 4.89. The van der Waals surface area contributed by atoms with Crippen LogP contribution >= 0.6 is 0 Å². The van der Waals surface area contributed by atoms with Crippen molar-refractivity contribution in [2.45, 2.75) is 12.7 Å². The monoisotopic (exact) mass is 457 g/mol. The number of hydrogen-bond donors (Lipinski definition) is 2. The van der Waals surface area contributed by atoms with Crippen LogP contribution in [0.4, 0.5) is 19.1 Å². The van der Waals surface area contributed by atoms with Crippen LogP contribution in [0, 0.1) is 0 Å². The minimum absolute atomic E-state index is 0.0308. The number of carbonyl (C=O) groups excluding carboxylic acids is 1. The minimum atomic E-state index is -4.49. The smallest absolute Gasteiger partial charge is 0.416 e. The summed E-state index contributed by atoms with van der Waals surface area (Å²) in [6.45, 7) is 0.153. The summed E-state index contributed by atoms with van der Waals surface area (Å²) in [5.41, 5.74) is 5.95. The summed E-state index contributed by atoms with van der Waals surface area (Å²) < 4.78 is 55.0. The van der Waals surface area contributed by atoms with E-state index in [0.717, 1.165) is 17.7 Å². The Bertz CT molecular complexity index is 1290. The van der Waals surface area contributed by atoms with Crippen molar-refractivity contribution in [3.05, 3.63) is 77.4 Å². The number of nitrogens with two attached hydrogens (primary N) is 1. The molecule has 0 fully saturated rings. The first kappa shape index (κ1) is 22.0. The molecule has 0 aliphatic carbocycles. The van der Waals surface area contributed by atoms with Gasteiger partial charge in [-0.2, -0.15) is 13.2 Å². The molecule has 4 rings (SSSR count). The number of anilines is 1. The number of methoxy groups -OCH3 is 1. The maximum Gasteiger partial charge on any atom is 0.416 e. The number of aromatic nitrogens is 1. The van der Waals surface area contributed by atoms with Gasteiger partial charge >= 0.3 is 6.18 Å². The fourth-order valence-corrected chi connectivity index (χ4v) is 3.27. The van der Waals surface area contributed by atoms with Crippen molar-refractivity contribution in [3.8, 4) is 28.5 Å². The van der Waals surface area contributed by atoms with E-state index in [0.29, 0.717) is 5.75 Å². The third-order valence-corrected chi connectivity index (χ3v) is 4.89. The van der Waals surface area contributed by atoms with Crippen LogP contribution in [-0.2, 0) is 12.7 Å². The molecule has 0 bridgehead atoms. The van der Waals surface area contributed by atoms with Crippen molar-refractivity contribution < 1.29 is 31.6 Å². The number of rotatable bonds is 6. The molecule has 10 heteroatoms. The Labute approximate surface area is 185 Å². The molecule has 2 aromatic heterocycles. The molecule has 4 aromatic rings. The van der Waals surface area contributed by atoms with E-state index in [4.69, 9.17) is 19.4 Å². The van der Waals surface area contributed by atoms with Gasteiger partial charge in [-0.25, -0.2) is 0 Å². The van der Waals surface area contributed by atoms with Gasteiger partial charge in [0, 0.05) is 17.7 Å². The lowest BCUT2D eigenvalue weighted by molar-refractivity contribution is -0.137. The van der Waals surface area contributed by atoms with Crippen LogP contribution in [0.25, 0.3) is 22.8 Å². The zero-order valence-corrected chi connectivity index (χ0v) is 17.3. The lowest BCUT2D eigenvalue weighted by atomic mass is 10.1. The van der Waals surface area contributed by atoms with E-state index in [2.05, 4.69) is 10.5 Å². The molecule has 0 aliphatic rings. The normalized spacial score (nSPS) is 11.4. The number of hydrogen-bond acceptors (Lipinski definition) is 6. The Morgan fingerprint density at radius 1 is 1.09 bits per heavy atom. The highest BCUT2D eigenvalue weighted by Gasteiger charge is 2.31. The number of carbonyl (C=O) groups is 1. The lowest BCUT2D eigenvalue weighted by Crippen LogP contribution is -2.24. The van der Waals surface area contributed by atoms with Gasteiger partial charge in [-0.1, -0.05) is 35.5 Å². The summed E-state index contributed by atoms with van der Waals surface area (Å²) in [5, 5.41) is 6.52. The first-order chi connectivity index (χ1) is 15.8. The summed E-state index contributed by atoms with van der Waals surface area (Å²) in [5.74, 6) is 0.0997. The SMILES string of the molecule is COc1ccccc1CNC(=O)c1c(-c2ccc(-c3cccc(C(F)(F)F)c3)o2)noc1N. The zero-order chi connectivity index (χ0) is 23.6. The van der Waals surface area contributed by atoms with Gasteiger partial charge in [0.15, 0.2) is 11.5 Å². The Morgan fingerprint density at radius 2 is 1.85 bits per heavy atom. The number of alkyl halides is 3. The fourth-order valence-electron chi connectivity index (χ4n) is 3.27. The van der Waals surface area contributed by atoms with Crippen LogP contribution in [0.3, 0.4) is 0 Å². The summed E-state index contributed by atoms with van der Waals surface area (Å²) >= 11 is 0. The van der Waals surface area contributed by atoms with Gasteiger partial charge in [-0.3, -0.25) is 4.79 Å². The number of halogens is 3. The number of ether oxygens (including phenoxy) is 1. The average Bonchev–Trinajstić information content (AvgIpc) is 3.44. The predicted octanol–water partition coefficient (Wildman–Crippen LogP) is 5.14. The largest absolute Gasteiger partial charge is 0.496 e. The first-order valence-corrected chi connectivity index (χ1v) is 9.71. The standard InChI is InChI=1S/C23H18F3N3O4/c1-31-16-8-3-2-5-14(16)12-28-22(30)19-20(29-33-21(19)27)18-10-9-17(32-18)13-6-4-7-15(11-13)23(24,25)26/h2-11H,12,27H2,1H3,(H,28,30). The van der Waals surface area contributed by atoms with Crippen molar-refractivity contribution >= 4 is 11.8 Å². The first-order valence-electron chi connectivity index (χ1n) is 9.71. The number of nitrogens with zero attached hydrogens (tertiary/aromatic N) is 1. The Hall–Kier alpha value is -4.21. The topological polar surface area (TPSA) is 104 Å². The molecule has 0 spiro atoms. The van der Waals surface area contributed by atoms with Gasteiger partial charge in [0.25, 0.3) is 5.91 Å². The van der Waals surface area contributed by atoms with Crippen LogP contribution in [0.5, 0.6) is 5.75 Å². The van der Waals surface area contributed by atoms with Crippen molar-refractivity contribution in [2.75, 3.05) is 12.8 Å². The molecule has 0 aliphatic heterocycles. The number of amides is 1. The maximum atomic E-state index is 13.0. The molecule has 0 saturated heterocycles. The predicted molar refractivity (Wildman–Crippen MR) is 113 cm³/mol. The highest BCUT2D eigenvalue weighted by Crippen LogP contribution is 2.35. The van der Waals surface area contributed by atoms with Crippen LogP contribution in [-0.4, -0.2) is 18.2 Å². The van der Waals surface area contributed by atoms with Gasteiger partial charge in [-0.05, 0) is 30.3 Å². The van der Waals surface area contributed by atoms with Crippen molar-refractivity contribution in [1.29, 1.82) is 0 Å². The highest BCUT2D eigenvalue weighted by molar-refractivity contribution is 6.03. The third kappa shape index (κ3) is 4.54. The van der Waals surface area contributed by atoms with Gasteiger partial charge < -0.3 is 24.7 Å². The Balaban J connectivity index is 1.59. The van der Waals surface area contributed by atoms with Crippen LogP contribution in [0.2, 0.25) is 0 Å². The summed E-state index contributed by atoms with van der Waals surface area (Å²) in [4.78, 5) is 12.8. The molecule has 0 saturated carbocycles. The molecule has 170 valence electrons. The van der Waals surface area contributed by atoms with Crippen molar-refractivity contribution in [3.63, 3.8) is 0 Å². The van der Waals surface area contributed by atoms with Gasteiger partial charge in [0.1, 0.15) is 17.1 Å². The molecule has 2 aromatic carbocycles. The number of nitrogens with one attached hydrogen (secondary N) is 1. The molecule has 0 unspecified atom stereocenters. The number of furan rings is 1. The zero-order valence-electron chi connectivity index (χ0n) is 17.3. The molecule has 1 amide bonds. The van der Waals surface area contributed by atoms with Crippen LogP contribution in [0.15, 0.2) is 69.6 Å². The van der Waals surface area contributed by atoms with E-state index in [9.17, 15) is 18.0 Å². The Morgan fingerprint density at radius 3 is 2.61 bits per heavy atom. The van der Waals surface area contributed by atoms with E-state index < -0.39 is 17.6 Å². The molecule has 0 radical (unpaired) electrons. The van der Waals surface area contributed by atoms with E-state index >= 15 is 0 Å². The fraction of sp³-hybridized carbons (Fsp3) is 0.130. The number of para-hydroxylation sites is 1. The Kier molecular flexibility index (Phi) is 5.82. The maximum absolute atomic E-state index is 13.0. The van der Waals surface area contributed by atoms with Crippen LogP contribution < -0.4 is 15.8 Å². The summed E-state index contributed by atoms with van der Waals surface area (Å²) in [6, 6.07) is 14.8. The molecule has 2 heterocycles. The molecular weight excluding hydrogens is 439 g/mol. The van der Waals surface area contributed by atoms with Crippen molar-refractivity contribution in [2.24, 2.45) is 0 Å². The van der Waals surface area contributed by atoms with Crippen molar-refractivity contribution in [1.82, 2.24) is 10.5 Å². The van der Waals surface area contributed by atoms with E-state index in [1.807, 2.05) is 0 Å². The molecule has 0 atom stereocenters. The van der Waals surface area contributed by atoms with E-state index in [1.165, 1.54) is 31.4 Å². The number of benzene rings is 2. The summed E-state index contributed by atoms with van der Waals surface area (Å²) in [6.07, 6.45) is -4.49. The second-order valence-electron chi connectivity index (χ2n) is 7.01. The minimum Gasteiger partial charge on any atom is -0.496 e. The molecule has 33 heavy (non-hydrogen) atoms. The number of nitrogen functional groups attached to an aromatic ring is 1. The molecule has 7 nitrogen and oxygen atoms in total.